The van der Waals surface area contributed by atoms with Crippen molar-refractivity contribution in [3.05, 3.63) is 71.7 Å². The van der Waals surface area contributed by atoms with Gasteiger partial charge in [-0.2, -0.15) is 10.1 Å². The van der Waals surface area contributed by atoms with Crippen molar-refractivity contribution in [2.45, 2.75) is 13.0 Å². The molecule has 3 aromatic rings. The summed E-state index contributed by atoms with van der Waals surface area (Å²) in [4.78, 5) is 6.63. The molecule has 0 saturated carbocycles. The van der Waals surface area contributed by atoms with Crippen LogP contribution in [0, 0.1) is 5.82 Å². The van der Waals surface area contributed by atoms with Gasteiger partial charge in [0.25, 0.3) is 5.95 Å². The number of fused-ring (bicyclic) bond motifs is 1. The molecule has 24 heavy (non-hydrogen) atoms. The molecule has 4 rings (SSSR count). The number of hydrogen-bond acceptors (Lipinski definition) is 5. The minimum Gasteiger partial charge on any atom is -0.365 e. The van der Waals surface area contributed by atoms with E-state index in [9.17, 15) is 4.39 Å². The van der Waals surface area contributed by atoms with Crippen molar-refractivity contribution in [2.75, 3.05) is 16.8 Å². The van der Waals surface area contributed by atoms with Gasteiger partial charge in [-0.25, -0.2) is 4.39 Å². The summed E-state index contributed by atoms with van der Waals surface area (Å²) in [6, 6.07) is 14.6. The number of benzene rings is 2. The second-order valence-corrected chi connectivity index (χ2v) is 5.65. The molecule has 0 amide bonds. The van der Waals surface area contributed by atoms with Crippen LogP contribution in [0.15, 0.2) is 54.7 Å². The average molecular weight is 321 g/mol. The number of aromatic nitrogens is 3. The van der Waals surface area contributed by atoms with E-state index in [2.05, 4.69) is 37.5 Å². The summed E-state index contributed by atoms with van der Waals surface area (Å²) in [5.74, 6) is 0.996. The Morgan fingerprint density at radius 3 is 2.79 bits per heavy atom. The predicted octanol–water partition coefficient (Wildman–Crippen LogP) is 3.32. The zero-order chi connectivity index (χ0) is 16.4. The quantitative estimate of drug-likeness (QED) is 0.799. The first-order valence-electron chi connectivity index (χ1n) is 7.83. The summed E-state index contributed by atoms with van der Waals surface area (Å²) >= 11 is 0. The van der Waals surface area contributed by atoms with Crippen molar-refractivity contribution < 1.29 is 4.39 Å². The van der Waals surface area contributed by atoms with Crippen LogP contribution < -0.4 is 10.2 Å². The van der Waals surface area contributed by atoms with Gasteiger partial charge in [0.05, 0.1) is 6.20 Å². The minimum absolute atomic E-state index is 0.238. The molecule has 1 aromatic heterocycles. The molecule has 0 saturated heterocycles. The fourth-order valence-electron chi connectivity index (χ4n) is 2.83. The number of nitrogens with one attached hydrogen (secondary N) is 1. The van der Waals surface area contributed by atoms with Gasteiger partial charge < -0.3 is 10.2 Å². The van der Waals surface area contributed by atoms with Gasteiger partial charge >= 0.3 is 0 Å². The van der Waals surface area contributed by atoms with Crippen molar-refractivity contribution >= 4 is 17.5 Å². The zero-order valence-corrected chi connectivity index (χ0v) is 13.0. The van der Waals surface area contributed by atoms with E-state index in [4.69, 9.17) is 0 Å². The molecule has 1 N–H and O–H groups in total. The van der Waals surface area contributed by atoms with Crippen molar-refractivity contribution in [1.82, 2.24) is 15.2 Å². The highest BCUT2D eigenvalue weighted by atomic mass is 19.1. The Hall–Kier alpha value is -3.02. The summed E-state index contributed by atoms with van der Waals surface area (Å²) in [6.07, 6.45) is 2.57. The topological polar surface area (TPSA) is 53.9 Å². The van der Waals surface area contributed by atoms with E-state index in [0.29, 0.717) is 18.3 Å². The number of rotatable bonds is 4. The molecule has 0 atom stereocenters. The fraction of sp³-hybridized carbons (Fsp3) is 0.167. The first kappa shape index (κ1) is 14.6. The summed E-state index contributed by atoms with van der Waals surface area (Å²) in [5.41, 5.74) is 3.41. The number of nitrogens with zero attached hydrogens (tertiary/aromatic N) is 4. The zero-order valence-electron chi connectivity index (χ0n) is 13.0. The molecular weight excluding hydrogens is 305 g/mol. The van der Waals surface area contributed by atoms with Crippen molar-refractivity contribution in [1.29, 1.82) is 0 Å². The van der Waals surface area contributed by atoms with Gasteiger partial charge in [-0.3, -0.25) is 0 Å². The Balaban J connectivity index is 1.51. The molecule has 2 aromatic carbocycles. The SMILES string of the molecule is Fc1ccc(CNc2cnnc(N3CCc4ccccc43)n2)cc1. The second-order valence-electron chi connectivity index (χ2n) is 5.65. The second kappa shape index (κ2) is 6.23. The van der Waals surface area contributed by atoms with Crippen LogP contribution in [0.2, 0.25) is 0 Å². The lowest BCUT2D eigenvalue weighted by Crippen LogP contribution is -2.17. The first-order valence-corrected chi connectivity index (χ1v) is 7.83. The van der Waals surface area contributed by atoms with E-state index >= 15 is 0 Å². The third-order valence-corrected chi connectivity index (χ3v) is 4.06. The Morgan fingerprint density at radius 1 is 1.08 bits per heavy atom. The Morgan fingerprint density at radius 2 is 1.92 bits per heavy atom. The third-order valence-electron chi connectivity index (χ3n) is 4.06. The molecule has 1 aliphatic heterocycles. The van der Waals surface area contributed by atoms with Gasteiger partial charge in [0.15, 0.2) is 5.82 Å². The molecule has 0 bridgehead atoms. The lowest BCUT2D eigenvalue weighted by Gasteiger charge is -2.17. The van der Waals surface area contributed by atoms with Gasteiger partial charge in [0.2, 0.25) is 0 Å². The highest BCUT2D eigenvalue weighted by molar-refractivity contribution is 5.65. The number of hydrogen-bond donors (Lipinski definition) is 1. The molecule has 0 unspecified atom stereocenters. The summed E-state index contributed by atoms with van der Waals surface area (Å²) in [6.45, 7) is 1.40. The minimum atomic E-state index is -0.238. The number of para-hydroxylation sites is 1. The van der Waals surface area contributed by atoms with Crippen LogP contribution >= 0.6 is 0 Å². The molecule has 0 fully saturated rings. The predicted molar refractivity (Wildman–Crippen MR) is 90.7 cm³/mol. The Bertz CT molecular complexity index is 850. The van der Waals surface area contributed by atoms with Gasteiger partial charge in [-0.1, -0.05) is 30.3 Å². The standard InChI is InChI=1S/C18H16FN5/c19-15-7-5-13(6-8-15)11-20-17-12-21-23-18(22-17)24-10-9-14-3-1-2-4-16(14)24/h1-8,12H,9-11H2,(H,20,22,23). The molecule has 0 radical (unpaired) electrons. The van der Waals surface area contributed by atoms with Gasteiger partial charge in [0.1, 0.15) is 5.82 Å². The van der Waals surface area contributed by atoms with E-state index < -0.39 is 0 Å². The molecule has 5 nitrogen and oxygen atoms in total. The van der Waals surface area contributed by atoms with Gasteiger partial charge in [-0.05, 0) is 35.7 Å². The van der Waals surface area contributed by atoms with E-state index in [1.165, 1.54) is 17.7 Å². The van der Waals surface area contributed by atoms with Crippen LogP contribution in [-0.2, 0) is 13.0 Å². The Labute approximate surface area is 139 Å². The monoisotopic (exact) mass is 321 g/mol. The van der Waals surface area contributed by atoms with E-state index in [1.54, 1.807) is 18.3 Å². The summed E-state index contributed by atoms with van der Waals surface area (Å²) in [7, 11) is 0. The van der Waals surface area contributed by atoms with E-state index in [0.717, 1.165) is 24.2 Å². The largest absolute Gasteiger partial charge is 0.365 e. The van der Waals surface area contributed by atoms with Crippen LogP contribution in [0.4, 0.5) is 21.8 Å². The summed E-state index contributed by atoms with van der Waals surface area (Å²) in [5, 5.41) is 11.4. The Kier molecular flexibility index (Phi) is 3.78. The lowest BCUT2D eigenvalue weighted by molar-refractivity contribution is 0.627. The molecule has 0 aliphatic carbocycles. The highest BCUT2D eigenvalue weighted by Crippen LogP contribution is 2.32. The highest BCUT2D eigenvalue weighted by Gasteiger charge is 2.22. The number of anilines is 3. The van der Waals surface area contributed by atoms with Crippen molar-refractivity contribution in [3.8, 4) is 0 Å². The normalized spacial score (nSPS) is 13.0. The molecule has 0 spiro atoms. The van der Waals surface area contributed by atoms with Crippen LogP contribution in [0.3, 0.4) is 0 Å². The van der Waals surface area contributed by atoms with Gasteiger partial charge in [0, 0.05) is 18.8 Å². The molecular formula is C18H16FN5. The fourth-order valence-corrected chi connectivity index (χ4v) is 2.83. The van der Waals surface area contributed by atoms with Crippen LogP contribution in [0.1, 0.15) is 11.1 Å². The van der Waals surface area contributed by atoms with E-state index in [-0.39, 0.29) is 5.82 Å². The first-order chi connectivity index (χ1) is 11.8. The third kappa shape index (κ3) is 2.90. The van der Waals surface area contributed by atoms with Gasteiger partial charge in [-0.15, -0.1) is 5.10 Å². The van der Waals surface area contributed by atoms with Crippen molar-refractivity contribution in [3.63, 3.8) is 0 Å². The average Bonchev–Trinajstić information content (AvgIpc) is 3.06. The molecule has 120 valence electrons. The van der Waals surface area contributed by atoms with Crippen molar-refractivity contribution in [2.24, 2.45) is 0 Å². The molecule has 1 aliphatic rings. The smallest absolute Gasteiger partial charge is 0.251 e. The molecule has 2 heterocycles. The lowest BCUT2D eigenvalue weighted by atomic mass is 10.2. The maximum atomic E-state index is 12.9. The maximum absolute atomic E-state index is 12.9. The number of halogens is 1. The van der Waals surface area contributed by atoms with Crippen LogP contribution in [0.5, 0.6) is 0 Å². The van der Waals surface area contributed by atoms with Crippen LogP contribution in [0.25, 0.3) is 0 Å². The van der Waals surface area contributed by atoms with Crippen LogP contribution in [-0.4, -0.2) is 21.7 Å². The summed E-state index contributed by atoms with van der Waals surface area (Å²) < 4.78 is 12.9. The van der Waals surface area contributed by atoms with E-state index in [1.807, 2.05) is 12.1 Å². The molecule has 6 heteroatoms. The maximum Gasteiger partial charge on any atom is 0.251 e.